The number of benzene rings is 2. The van der Waals surface area contributed by atoms with Crippen molar-refractivity contribution in [3.63, 3.8) is 0 Å². The molecule has 0 bridgehead atoms. The molecule has 1 heterocycles. The number of carbonyl (C=O) groups is 1. The summed E-state index contributed by atoms with van der Waals surface area (Å²) >= 11 is 1.01. The molecule has 1 aliphatic heterocycles. The quantitative estimate of drug-likeness (QED) is 0.742. The summed E-state index contributed by atoms with van der Waals surface area (Å²) in [6.45, 7) is 0. The predicted molar refractivity (Wildman–Crippen MR) is 101 cm³/mol. The van der Waals surface area contributed by atoms with E-state index in [0.29, 0.717) is 16.5 Å². The summed E-state index contributed by atoms with van der Waals surface area (Å²) in [6, 6.07) is 9.14. The highest BCUT2D eigenvalue weighted by Gasteiger charge is 2.35. The number of hydrogen-bond donors (Lipinski definition) is 1. The van der Waals surface area contributed by atoms with Crippen molar-refractivity contribution in [1.29, 1.82) is 5.26 Å². The van der Waals surface area contributed by atoms with Crippen molar-refractivity contribution in [2.75, 3.05) is 7.11 Å². The topological polar surface area (TPSA) is 97.7 Å². The Morgan fingerprint density at radius 2 is 1.90 bits per heavy atom. The number of alkyl halides is 3. The molecule has 148 valence electrons. The Kier molecular flexibility index (Phi) is 5.52. The van der Waals surface area contributed by atoms with E-state index in [4.69, 9.17) is 20.5 Å². The number of halogens is 3. The standard InChI is InChI=1S/C19H12F3N3O3S/c1-27-15-7-10(8-16-17(26)25-18(24)29-16)2-5-14(15)28-13-4-3-11(9-23)6-12(13)19(20,21)22/h2-8H,1H3,(H2,24,25,26)/b16-8-. The van der Waals surface area contributed by atoms with Crippen molar-refractivity contribution in [2.24, 2.45) is 10.7 Å². The molecule has 0 saturated carbocycles. The molecular weight excluding hydrogens is 407 g/mol. The van der Waals surface area contributed by atoms with E-state index in [1.165, 1.54) is 31.4 Å². The van der Waals surface area contributed by atoms with Crippen LogP contribution in [0.15, 0.2) is 46.3 Å². The number of amides is 1. The number of hydrogen-bond acceptors (Lipinski definition) is 6. The highest BCUT2D eigenvalue weighted by Crippen LogP contribution is 2.41. The summed E-state index contributed by atoms with van der Waals surface area (Å²) in [5.41, 5.74) is 4.83. The van der Waals surface area contributed by atoms with Crippen LogP contribution in [-0.4, -0.2) is 18.2 Å². The summed E-state index contributed by atoms with van der Waals surface area (Å²) < 4.78 is 50.6. The SMILES string of the molecule is COc1cc(/C=C2\SC(N)=NC2=O)ccc1Oc1ccc(C#N)cc1C(F)(F)F. The van der Waals surface area contributed by atoms with Crippen LogP contribution in [0.25, 0.3) is 6.08 Å². The van der Waals surface area contributed by atoms with Gasteiger partial charge in [-0.05, 0) is 53.7 Å². The summed E-state index contributed by atoms with van der Waals surface area (Å²) in [4.78, 5) is 15.6. The third-order valence-electron chi connectivity index (χ3n) is 3.76. The molecule has 0 spiro atoms. The van der Waals surface area contributed by atoms with Crippen LogP contribution in [0.2, 0.25) is 0 Å². The molecule has 10 heteroatoms. The Morgan fingerprint density at radius 1 is 1.17 bits per heavy atom. The van der Waals surface area contributed by atoms with Gasteiger partial charge in [0.2, 0.25) is 0 Å². The molecule has 29 heavy (non-hydrogen) atoms. The molecule has 1 amide bonds. The van der Waals surface area contributed by atoms with Gasteiger partial charge in [-0.2, -0.15) is 23.4 Å². The number of rotatable bonds is 4. The van der Waals surface area contributed by atoms with E-state index in [-0.39, 0.29) is 22.2 Å². The van der Waals surface area contributed by atoms with Crippen LogP contribution < -0.4 is 15.2 Å². The minimum absolute atomic E-state index is 0.0334. The Labute approximate surface area is 167 Å². The number of nitrogens with zero attached hydrogens (tertiary/aromatic N) is 2. The van der Waals surface area contributed by atoms with Crippen molar-refractivity contribution in [1.82, 2.24) is 0 Å². The van der Waals surface area contributed by atoms with Crippen LogP contribution >= 0.6 is 11.8 Å². The molecule has 2 N–H and O–H groups in total. The van der Waals surface area contributed by atoms with Crippen molar-refractivity contribution < 1.29 is 27.4 Å². The van der Waals surface area contributed by atoms with E-state index in [1.807, 2.05) is 0 Å². The molecule has 0 saturated heterocycles. The number of nitriles is 1. The molecule has 3 rings (SSSR count). The molecule has 0 atom stereocenters. The number of amidine groups is 1. The van der Waals surface area contributed by atoms with E-state index in [0.717, 1.165) is 17.8 Å². The van der Waals surface area contributed by atoms with E-state index in [1.54, 1.807) is 12.1 Å². The predicted octanol–water partition coefficient (Wildman–Crippen LogP) is 4.31. The average Bonchev–Trinajstić information content (AvgIpc) is 2.99. The van der Waals surface area contributed by atoms with Gasteiger partial charge in [0, 0.05) is 0 Å². The number of ether oxygens (including phenoxy) is 2. The van der Waals surface area contributed by atoms with Gasteiger partial charge >= 0.3 is 6.18 Å². The van der Waals surface area contributed by atoms with Gasteiger partial charge in [0.25, 0.3) is 5.91 Å². The second-order valence-corrected chi connectivity index (χ2v) is 6.76. The fourth-order valence-corrected chi connectivity index (χ4v) is 3.15. The Hall–Kier alpha value is -3.45. The normalized spacial score (nSPS) is 15.2. The molecule has 6 nitrogen and oxygen atoms in total. The minimum Gasteiger partial charge on any atom is -0.493 e. The van der Waals surface area contributed by atoms with Crippen molar-refractivity contribution in [2.45, 2.75) is 6.18 Å². The Balaban J connectivity index is 1.94. The van der Waals surface area contributed by atoms with Gasteiger partial charge in [0.05, 0.1) is 29.2 Å². The largest absolute Gasteiger partial charge is 0.493 e. The maximum atomic E-state index is 13.3. The van der Waals surface area contributed by atoms with Crippen LogP contribution in [0.5, 0.6) is 17.2 Å². The zero-order chi connectivity index (χ0) is 21.2. The lowest BCUT2D eigenvalue weighted by atomic mass is 10.1. The van der Waals surface area contributed by atoms with Crippen LogP contribution in [0, 0.1) is 11.3 Å². The maximum Gasteiger partial charge on any atom is 0.420 e. The lowest BCUT2D eigenvalue weighted by molar-refractivity contribution is -0.138. The second-order valence-electron chi connectivity index (χ2n) is 5.70. The zero-order valence-corrected chi connectivity index (χ0v) is 15.6. The smallest absolute Gasteiger partial charge is 0.420 e. The van der Waals surface area contributed by atoms with Gasteiger partial charge in [0.1, 0.15) is 5.75 Å². The first-order valence-corrected chi connectivity index (χ1v) is 8.78. The zero-order valence-electron chi connectivity index (χ0n) is 14.8. The van der Waals surface area contributed by atoms with Crippen LogP contribution in [0.4, 0.5) is 13.2 Å². The monoisotopic (exact) mass is 419 g/mol. The fourth-order valence-electron chi connectivity index (χ4n) is 2.46. The molecule has 2 aromatic rings. The number of nitrogens with two attached hydrogens (primary N) is 1. The highest BCUT2D eigenvalue weighted by molar-refractivity contribution is 8.18. The summed E-state index contributed by atoms with van der Waals surface area (Å²) in [6.07, 6.45) is -3.18. The average molecular weight is 419 g/mol. The summed E-state index contributed by atoms with van der Waals surface area (Å²) in [7, 11) is 1.33. The first kappa shape index (κ1) is 20.3. The first-order valence-electron chi connectivity index (χ1n) is 7.96. The molecule has 0 unspecified atom stereocenters. The van der Waals surface area contributed by atoms with Crippen LogP contribution in [0.3, 0.4) is 0 Å². The number of thioether (sulfide) groups is 1. The van der Waals surface area contributed by atoms with Gasteiger partial charge in [-0.25, -0.2) is 0 Å². The molecule has 1 aliphatic rings. The molecular formula is C19H12F3N3O3S. The van der Waals surface area contributed by atoms with Crippen molar-refractivity contribution in [3.8, 4) is 23.3 Å². The van der Waals surface area contributed by atoms with E-state index >= 15 is 0 Å². The second kappa shape index (κ2) is 7.89. The Morgan fingerprint density at radius 3 is 2.48 bits per heavy atom. The third-order valence-corrected chi connectivity index (χ3v) is 4.57. The highest BCUT2D eigenvalue weighted by atomic mass is 32.2. The van der Waals surface area contributed by atoms with Gasteiger partial charge in [0.15, 0.2) is 16.7 Å². The Bertz CT molecular complexity index is 1090. The first-order chi connectivity index (χ1) is 13.7. The lowest BCUT2D eigenvalue weighted by Crippen LogP contribution is -2.08. The number of aliphatic imine (C=N–C) groups is 1. The van der Waals surface area contributed by atoms with Gasteiger partial charge in [-0.3, -0.25) is 4.79 Å². The van der Waals surface area contributed by atoms with E-state index in [2.05, 4.69) is 4.99 Å². The van der Waals surface area contributed by atoms with Crippen LogP contribution in [-0.2, 0) is 11.0 Å². The molecule has 2 aromatic carbocycles. The van der Waals surface area contributed by atoms with E-state index in [9.17, 15) is 18.0 Å². The van der Waals surface area contributed by atoms with Crippen LogP contribution in [0.1, 0.15) is 16.7 Å². The molecule has 0 aliphatic carbocycles. The van der Waals surface area contributed by atoms with Gasteiger partial charge in [-0.1, -0.05) is 6.07 Å². The third kappa shape index (κ3) is 4.52. The summed E-state index contributed by atoms with van der Waals surface area (Å²) in [5.74, 6) is -0.755. The van der Waals surface area contributed by atoms with Gasteiger partial charge in [-0.15, -0.1) is 0 Å². The fraction of sp³-hybridized carbons (Fsp3) is 0.105. The minimum atomic E-state index is -4.71. The molecule has 0 radical (unpaired) electrons. The lowest BCUT2D eigenvalue weighted by Gasteiger charge is -2.16. The maximum absolute atomic E-state index is 13.3. The molecule has 0 aromatic heterocycles. The van der Waals surface area contributed by atoms with Gasteiger partial charge < -0.3 is 15.2 Å². The van der Waals surface area contributed by atoms with Crippen molar-refractivity contribution >= 4 is 28.9 Å². The number of methoxy groups -OCH3 is 1. The number of carbonyl (C=O) groups excluding carboxylic acids is 1. The molecule has 0 fully saturated rings. The van der Waals surface area contributed by atoms with Crippen molar-refractivity contribution in [3.05, 3.63) is 58.0 Å². The van der Waals surface area contributed by atoms with E-state index < -0.39 is 23.4 Å². The summed E-state index contributed by atoms with van der Waals surface area (Å²) in [5, 5.41) is 8.98.